The third-order valence-electron chi connectivity index (χ3n) is 2.02. The number of hydrogen-bond donors (Lipinski definition) is 0. The summed E-state index contributed by atoms with van der Waals surface area (Å²) in [4.78, 5) is 0.214. The number of hydrogen-bond acceptors (Lipinski definition) is 3. The number of fused-ring (bicyclic) bond motifs is 1. The van der Waals surface area contributed by atoms with Crippen molar-refractivity contribution in [2.24, 2.45) is 0 Å². The molecule has 0 saturated carbocycles. The summed E-state index contributed by atoms with van der Waals surface area (Å²) in [5.41, 5.74) is 0. The molecule has 2 rings (SSSR count). The van der Waals surface area contributed by atoms with E-state index in [2.05, 4.69) is 11.2 Å². The maximum atomic E-state index is 11.3. The Bertz CT molecular complexity index is 573. The molecular formula is C10H7NaO2S2. The van der Waals surface area contributed by atoms with Crippen molar-refractivity contribution >= 4 is 30.7 Å². The van der Waals surface area contributed by atoms with Gasteiger partial charge in [-0.05, 0) is 36.8 Å². The average Bonchev–Trinajstić information content (AvgIpc) is 2.15. The van der Waals surface area contributed by atoms with Gasteiger partial charge in [-0.1, -0.05) is 36.4 Å². The van der Waals surface area contributed by atoms with Gasteiger partial charge in [-0.15, -0.1) is 0 Å². The van der Waals surface area contributed by atoms with Crippen LogP contribution < -0.4 is 29.6 Å². The summed E-state index contributed by atoms with van der Waals surface area (Å²) >= 11 is 4.45. The zero-order valence-electron chi connectivity index (χ0n) is 8.17. The molecular weight excluding hydrogens is 239 g/mol. The van der Waals surface area contributed by atoms with Gasteiger partial charge in [-0.2, -0.15) is 0 Å². The molecule has 0 bridgehead atoms. The molecule has 2 aromatic rings. The first-order valence-corrected chi connectivity index (χ1v) is 6.43. The van der Waals surface area contributed by atoms with E-state index < -0.39 is 8.77 Å². The van der Waals surface area contributed by atoms with Gasteiger partial charge in [-0.25, -0.2) is 0 Å². The van der Waals surface area contributed by atoms with E-state index in [1.807, 2.05) is 18.2 Å². The van der Waals surface area contributed by atoms with E-state index in [4.69, 9.17) is 0 Å². The van der Waals surface area contributed by atoms with E-state index in [1.165, 1.54) is 6.07 Å². The minimum absolute atomic E-state index is 0. The molecule has 2 nitrogen and oxygen atoms in total. The molecule has 0 aliphatic rings. The first-order valence-electron chi connectivity index (χ1n) is 4.03. The van der Waals surface area contributed by atoms with Gasteiger partial charge in [0.1, 0.15) is 0 Å². The van der Waals surface area contributed by atoms with Crippen molar-refractivity contribution in [3.05, 3.63) is 42.5 Å². The van der Waals surface area contributed by atoms with Crippen molar-refractivity contribution in [2.45, 2.75) is 4.90 Å². The molecule has 0 aliphatic carbocycles. The fourth-order valence-electron chi connectivity index (χ4n) is 1.41. The minimum atomic E-state index is -3.55. The van der Waals surface area contributed by atoms with Crippen molar-refractivity contribution in [3.63, 3.8) is 0 Å². The predicted molar refractivity (Wildman–Crippen MR) is 58.5 cm³/mol. The van der Waals surface area contributed by atoms with E-state index in [-0.39, 0.29) is 34.5 Å². The molecule has 1 unspecified atom stereocenters. The van der Waals surface area contributed by atoms with Crippen LogP contribution in [0.25, 0.3) is 10.8 Å². The van der Waals surface area contributed by atoms with Crippen LogP contribution in [0.15, 0.2) is 47.4 Å². The first kappa shape index (κ1) is 13.1. The average molecular weight is 246 g/mol. The molecule has 0 N–H and O–H groups in total. The van der Waals surface area contributed by atoms with E-state index in [0.717, 1.165) is 5.39 Å². The topological polar surface area (TPSA) is 40.1 Å². The Hall–Kier alpha value is 0.0300. The maximum absolute atomic E-state index is 11.3. The molecule has 0 aliphatic heterocycles. The second kappa shape index (κ2) is 4.91. The summed E-state index contributed by atoms with van der Waals surface area (Å²) in [7, 11) is -3.55. The van der Waals surface area contributed by atoms with Crippen LogP contribution >= 0.6 is 0 Å². The fraction of sp³-hybridized carbons (Fsp3) is 0. The van der Waals surface area contributed by atoms with Gasteiger partial charge in [0, 0.05) is 4.90 Å². The SMILES string of the molecule is O=S([O-])(=S)c1cccc2ccccc12.[Na+]. The van der Waals surface area contributed by atoms with Crippen LogP contribution in [-0.2, 0) is 20.0 Å². The standard InChI is InChI=1S/C10H8O2S2.Na/c11-14(12,13)10-7-3-5-8-4-1-2-6-9(8)10;/h1-7H,(H,11,12,13);/q;+1/p-1. The Morgan fingerprint density at radius 2 is 1.67 bits per heavy atom. The zero-order chi connectivity index (χ0) is 10.2. The Kier molecular flexibility index (Phi) is 4.29. The Morgan fingerprint density at radius 3 is 2.33 bits per heavy atom. The molecule has 0 amide bonds. The molecule has 0 heterocycles. The van der Waals surface area contributed by atoms with Crippen molar-refractivity contribution < 1.29 is 38.3 Å². The van der Waals surface area contributed by atoms with Gasteiger partial charge >= 0.3 is 29.6 Å². The van der Waals surface area contributed by atoms with E-state index in [9.17, 15) is 8.76 Å². The second-order valence-electron chi connectivity index (χ2n) is 2.93. The van der Waals surface area contributed by atoms with E-state index in [1.54, 1.807) is 18.2 Å². The van der Waals surface area contributed by atoms with Crippen LogP contribution in [0.2, 0.25) is 0 Å². The number of benzene rings is 2. The molecule has 15 heavy (non-hydrogen) atoms. The molecule has 0 fully saturated rings. The summed E-state index contributed by atoms with van der Waals surface area (Å²) in [6.45, 7) is 0. The smallest absolute Gasteiger partial charge is 0.766 e. The van der Waals surface area contributed by atoms with Crippen LogP contribution in [-0.4, -0.2) is 8.76 Å². The summed E-state index contributed by atoms with van der Waals surface area (Å²) in [6.07, 6.45) is 0. The molecule has 0 spiro atoms. The van der Waals surface area contributed by atoms with Crippen molar-refractivity contribution in [2.75, 3.05) is 0 Å². The van der Waals surface area contributed by atoms with Gasteiger partial charge in [0.15, 0.2) is 0 Å². The molecule has 0 aromatic heterocycles. The summed E-state index contributed by atoms with van der Waals surface area (Å²) in [5, 5.41) is 1.57. The Labute approximate surface area is 115 Å². The normalized spacial score (nSPS) is 14.2. The third kappa shape index (κ3) is 2.78. The van der Waals surface area contributed by atoms with Crippen molar-refractivity contribution in [1.82, 2.24) is 0 Å². The monoisotopic (exact) mass is 246 g/mol. The molecule has 1 atom stereocenters. The quantitative estimate of drug-likeness (QED) is 0.611. The van der Waals surface area contributed by atoms with Gasteiger partial charge in [0.2, 0.25) is 0 Å². The van der Waals surface area contributed by atoms with Gasteiger partial charge < -0.3 is 4.55 Å². The third-order valence-corrected chi connectivity index (χ3v) is 3.45. The van der Waals surface area contributed by atoms with Gasteiger partial charge in [0.25, 0.3) is 0 Å². The Balaban J connectivity index is 0.00000112. The Morgan fingerprint density at radius 1 is 1.07 bits per heavy atom. The van der Waals surface area contributed by atoms with Crippen molar-refractivity contribution in [1.29, 1.82) is 0 Å². The summed E-state index contributed by atoms with van der Waals surface area (Å²) in [5.74, 6) is 0. The minimum Gasteiger partial charge on any atom is -0.766 e. The second-order valence-corrected chi connectivity index (χ2v) is 5.60. The summed E-state index contributed by atoms with van der Waals surface area (Å²) < 4.78 is 22.5. The van der Waals surface area contributed by atoms with Crippen LogP contribution in [0, 0.1) is 0 Å². The van der Waals surface area contributed by atoms with Gasteiger partial charge in [0.05, 0.1) is 0 Å². The van der Waals surface area contributed by atoms with E-state index >= 15 is 0 Å². The molecule has 0 radical (unpaired) electrons. The maximum Gasteiger partial charge on any atom is 1.00 e. The molecule has 72 valence electrons. The molecule has 2 aromatic carbocycles. The van der Waals surface area contributed by atoms with Crippen LogP contribution in [0.3, 0.4) is 0 Å². The van der Waals surface area contributed by atoms with E-state index in [0.29, 0.717) is 5.39 Å². The van der Waals surface area contributed by atoms with Crippen LogP contribution in [0.1, 0.15) is 0 Å². The predicted octanol–water partition coefficient (Wildman–Crippen LogP) is -0.921. The fourth-order valence-corrected chi connectivity index (χ4v) is 2.55. The summed E-state index contributed by atoms with van der Waals surface area (Å²) in [6, 6.07) is 12.4. The van der Waals surface area contributed by atoms with Crippen molar-refractivity contribution in [3.8, 4) is 0 Å². The van der Waals surface area contributed by atoms with Crippen LogP contribution in [0.5, 0.6) is 0 Å². The largest absolute Gasteiger partial charge is 1.00 e. The van der Waals surface area contributed by atoms with Gasteiger partial charge in [-0.3, -0.25) is 4.21 Å². The molecule has 0 saturated heterocycles. The number of rotatable bonds is 1. The molecule has 5 heteroatoms. The van der Waals surface area contributed by atoms with Crippen LogP contribution in [0.4, 0.5) is 0 Å². The zero-order valence-corrected chi connectivity index (χ0v) is 11.8. The first-order chi connectivity index (χ1) is 6.59.